The lowest BCUT2D eigenvalue weighted by atomic mass is 9.96. The Morgan fingerprint density at radius 1 is 1.92 bits per heavy atom. The quantitative estimate of drug-likeness (QED) is 0.642. The van der Waals surface area contributed by atoms with Crippen LogP contribution in [0.2, 0.25) is 0 Å². The molecule has 1 aliphatic heterocycles. The van der Waals surface area contributed by atoms with Crippen LogP contribution in [0.25, 0.3) is 0 Å². The largest absolute Gasteiger partial charge is 0.391 e. The minimum atomic E-state index is -0.456. The van der Waals surface area contributed by atoms with Crippen molar-refractivity contribution in [3.63, 3.8) is 0 Å². The van der Waals surface area contributed by atoms with Crippen molar-refractivity contribution in [3.05, 3.63) is 24.4 Å². The molecule has 2 atom stereocenters. The fourth-order valence-corrected chi connectivity index (χ4v) is 1.60. The van der Waals surface area contributed by atoms with E-state index in [0.29, 0.717) is 12.0 Å². The average Bonchev–Trinajstić information content (AvgIpc) is 2.11. The third kappa shape index (κ3) is 2.10. The van der Waals surface area contributed by atoms with E-state index in [1.165, 1.54) is 0 Å². The van der Waals surface area contributed by atoms with Gasteiger partial charge < -0.3 is 10.0 Å². The molecule has 0 fully saturated rings. The van der Waals surface area contributed by atoms with E-state index in [1.54, 1.807) is 12.3 Å². The van der Waals surface area contributed by atoms with E-state index in [2.05, 4.69) is 12.6 Å². The topological polar surface area (TPSA) is 47.3 Å². The lowest BCUT2D eigenvalue weighted by Crippen LogP contribution is -2.41. The maximum absolute atomic E-state index is 9.69. The summed E-state index contributed by atoms with van der Waals surface area (Å²) in [6.45, 7) is 3.64. The molecule has 0 radical (unpaired) electrons. The van der Waals surface area contributed by atoms with Gasteiger partial charge in [0, 0.05) is 25.2 Å². The summed E-state index contributed by atoms with van der Waals surface area (Å²) in [6.07, 6.45) is 4.32. The van der Waals surface area contributed by atoms with Crippen LogP contribution in [0, 0.1) is 11.3 Å². The first-order valence-corrected chi connectivity index (χ1v) is 4.30. The van der Waals surface area contributed by atoms with Crippen molar-refractivity contribution in [2.75, 3.05) is 7.05 Å². The summed E-state index contributed by atoms with van der Waals surface area (Å²) in [5, 5.41) is 18.4. The Morgan fingerprint density at radius 3 is 3.08 bits per heavy atom. The van der Waals surface area contributed by atoms with Gasteiger partial charge in [-0.2, -0.15) is 5.26 Å². The molecule has 0 amide bonds. The summed E-state index contributed by atoms with van der Waals surface area (Å²) in [5.74, 6) is 0. The highest BCUT2D eigenvalue weighted by Crippen LogP contribution is 2.21. The standard InChI is InChI=1S/C10H14N2O/c1-3-4-9-10(13)5-8(6-11)7-12(9)2/h3,7,9-10,13H,1,4-5H2,2H3/t9-,10+/m1/s1. The Balaban J connectivity index is 2.76. The average molecular weight is 178 g/mol. The molecule has 1 heterocycles. The van der Waals surface area contributed by atoms with Crippen molar-refractivity contribution in [2.24, 2.45) is 0 Å². The lowest BCUT2D eigenvalue weighted by molar-refractivity contribution is 0.0765. The summed E-state index contributed by atoms with van der Waals surface area (Å²) >= 11 is 0. The number of aliphatic hydroxyl groups excluding tert-OH is 1. The molecule has 0 saturated heterocycles. The number of aliphatic hydroxyl groups is 1. The molecular weight excluding hydrogens is 164 g/mol. The molecule has 0 saturated carbocycles. The monoisotopic (exact) mass is 178 g/mol. The van der Waals surface area contributed by atoms with Gasteiger partial charge in [0.25, 0.3) is 0 Å². The Morgan fingerprint density at radius 2 is 2.62 bits per heavy atom. The smallest absolute Gasteiger partial charge is 0.0963 e. The second kappa shape index (κ2) is 4.11. The van der Waals surface area contributed by atoms with Crippen molar-refractivity contribution in [1.82, 2.24) is 4.90 Å². The van der Waals surface area contributed by atoms with Crippen LogP contribution in [0.4, 0.5) is 0 Å². The van der Waals surface area contributed by atoms with Crippen molar-refractivity contribution >= 4 is 0 Å². The normalized spacial score (nSPS) is 27.8. The van der Waals surface area contributed by atoms with Gasteiger partial charge in [0.15, 0.2) is 0 Å². The zero-order valence-electron chi connectivity index (χ0n) is 7.77. The molecule has 0 aliphatic carbocycles. The molecule has 13 heavy (non-hydrogen) atoms. The maximum atomic E-state index is 9.69. The first kappa shape index (κ1) is 9.82. The molecule has 0 unspecified atom stereocenters. The third-order valence-electron chi connectivity index (χ3n) is 2.31. The molecule has 1 aliphatic rings. The highest BCUT2D eigenvalue weighted by atomic mass is 16.3. The zero-order valence-corrected chi connectivity index (χ0v) is 7.77. The van der Waals surface area contributed by atoms with Crippen LogP contribution < -0.4 is 0 Å². The molecule has 0 bridgehead atoms. The van der Waals surface area contributed by atoms with Gasteiger partial charge in [-0.25, -0.2) is 0 Å². The second-order valence-corrected chi connectivity index (χ2v) is 3.29. The van der Waals surface area contributed by atoms with E-state index >= 15 is 0 Å². The van der Waals surface area contributed by atoms with E-state index in [-0.39, 0.29) is 6.04 Å². The number of hydrogen-bond donors (Lipinski definition) is 1. The molecule has 0 aromatic heterocycles. The van der Waals surface area contributed by atoms with E-state index in [1.807, 2.05) is 11.9 Å². The molecule has 0 aromatic carbocycles. The molecule has 70 valence electrons. The molecular formula is C10H14N2O. The van der Waals surface area contributed by atoms with Crippen LogP contribution in [0.5, 0.6) is 0 Å². The van der Waals surface area contributed by atoms with Crippen LogP contribution >= 0.6 is 0 Å². The van der Waals surface area contributed by atoms with Gasteiger partial charge in [0.05, 0.1) is 18.2 Å². The number of nitrogens with zero attached hydrogens (tertiary/aromatic N) is 2. The Kier molecular flexibility index (Phi) is 3.10. The molecule has 1 N–H and O–H groups in total. The number of likely N-dealkylation sites (N-methyl/N-ethyl adjacent to an activating group) is 1. The lowest BCUT2D eigenvalue weighted by Gasteiger charge is -2.34. The van der Waals surface area contributed by atoms with E-state index in [0.717, 1.165) is 6.42 Å². The fourth-order valence-electron chi connectivity index (χ4n) is 1.60. The summed E-state index contributed by atoms with van der Waals surface area (Å²) in [4.78, 5) is 1.88. The number of rotatable bonds is 2. The van der Waals surface area contributed by atoms with Gasteiger partial charge in [0.2, 0.25) is 0 Å². The minimum Gasteiger partial charge on any atom is -0.391 e. The molecule has 1 rings (SSSR count). The summed E-state index contributed by atoms with van der Waals surface area (Å²) in [6, 6.07) is 2.13. The van der Waals surface area contributed by atoms with Gasteiger partial charge in [-0.15, -0.1) is 6.58 Å². The molecule has 3 heteroatoms. The van der Waals surface area contributed by atoms with Crippen LogP contribution in [0.15, 0.2) is 24.4 Å². The summed E-state index contributed by atoms with van der Waals surface area (Å²) in [7, 11) is 1.87. The first-order chi connectivity index (χ1) is 6.19. The first-order valence-electron chi connectivity index (χ1n) is 4.30. The fraction of sp³-hybridized carbons (Fsp3) is 0.500. The predicted molar refractivity (Wildman–Crippen MR) is 50.7 cm³/mol. The Hall–Kier alpha value is -1.27. The van der Waals surface area contributed by atoms with Crippen molar-refractivity contribution in [2.45, 2.75) is 25.0 Å². The summed E-state index contributed by atoms with van der Waals surface area (Å²) in [5.41, 5.74) is 0.635. The SMILES string of the molecule is C=CC[C@@H]1[C@@H](O)CC(C#N)=CN1C. The predicted octanol–water partition coefficient (Wildman–Crippen LogP) is 1.03. The van der Waals surface area contributed by atoms with Gasteiger partial charge in [-0.1, -0.05) is 6.08 Å². The van der Waals surface area contributed by atoms with Gasteiger partial charge in [0.1, 0.15) is 0 Å². The van der Waals surface area contributed by atoms with E-state index in [4.69, 9.17) is 5.26 Å². The highest BCUT2D eigenvalue weighted by Gasteiger charge is 2.26. The van der Waals surface area contributed by atoms with Gasteiger partial charge in [-0.3, -0.25) is 0 Å². The van der Waals surface area contributed by atoms with Gasteiger partial charge in [-0.05, 0) is 6.42 Å². The van der Waals surface area contributed by atoms with Crippen molar-refractivity contribution in [3.8, 4) is 6.07 Å². The minimum absolute atomic E-state index is 0.0644. The number of hydrogen-bond acceptors (Lipinski definition) is 3. The number of nitriles is 1. The Bertz CT molecular complexity index is 265. The van der Waals surface area contributed by atoms with Crippen LogP contribution in [-0.2, 0) is 0 Å². The van der Waals surface area contributed by atoms with Crippen molar-refractivity contribution in [1.29, 1.82) is 5.26 Å². The van der Waals surface area contributed by atoms with Crippen LogP contribution in [0.1, 0.15) is 12.8 Å². The highest BCUT2D eigenvalue weighted by molar-refractivity contribution is 5.24. The van der Waals surface area contributed by atoms with Crippen LogP contribution in [0.3, 0.4) is 0 Å². The summed E-state index contributed by atoms with van der Waals surface area (Å²) < 4.78 is 0. The van der Waals surface area contributed by atoms with E-state index in [9.17, 15) is 5.11 Å². The van der Waals surface area contributed by atoms with Gasteiger partial charge >= 0.3 is 0 Å². The van der Waals surface area contributed by atoms with Crippen LogP contribution in [-0.4, -0.2) is 29.2 Å². The zero-order chi connectivity index (χ0) is 9.84. The second-order valence-electron chi connectivity index (χ2n) is 3.29. The third-order valence-corrected chi connectivity index (χ3v) is 2.31. The maximum Gasteiger partial charge on any atom is 0.0963 e. The van der Waals surface area contributed by atoms with E-state index < -0.39 is 6.10 Å². The Labute approximate surface area is 78.6 Å². The molecule has 0 spiro atoms. The molecule has 0 aromatic rings. The van der Waals surface area contributed by atoms with Crippen molar-refractivity contribution < 1.29 is 5.11 Å². The molecule has 3 nitrogen and oxygen atoms in total.